The van der Waals surface area contributed by atoms with Crippen LogP contribution in [0.1, 0.15) is 52.4 Å². The zero-order valence-corrected chi connectivity index (χ0v) is 14.4. The Kier molecular flexibility index (Phi) is 7.67. The van der Waals surface area contributed by atoms with Crippen molar-refractivity contribution in [3.8, 4) is 0 Å². The minimum Gasteiger partial charge on any atom is -0.480 e. The summed E-state index contributed by atoms with van der Waals surface area (Å²) < 4.78 is 0. The van der Waals surface area contributed by atoms with E-state index in [1.807, 2.05) is 6.92 Å². The van der Waals surface area contributed by atoms with Crippen LogP contribution in [0, 0.1) is 0 Å². The van der Waals surface area contributed by atoms with E-state index >= 15 is 0 Å². The second kappa shape index (κ2) is 9.24. The Morgan fingerprint density at radius 1 is 1.00 bits per heavy atom. The van der Waals surface area contributed by atoms with Gasteiger partial charge in [0.25, 0.3) is 0 Å². The molecule has 0 saturated carbocycles. The largest absolute Gasteiger partial charge is 0.480 e. The monoisotopic (exact) mass is 341 g/mol. The van der Waals surface area contributed by atoms with Gasteiger partial charge < -0.3 is 20.6 Å². The number of hydrogen-bond donors (Lipinski definition) is 2. The lowest BCUT2D eigenvalue weighted by Gasteiger charge is -2.23. The van der Waals surface area contributed by atoms with Crippen molar-refractivity contribution >= 4 is 23.7 Å². The van der Waals surface area contributed by atoms with Gasteiger partial charge in [-0.05, 0) is 25.7 Å². The van der Waals surface area contributed by atoms with Crippen molar-refractivity contribution in [3.63, 3.8) is 0 Å². The quantitative estimate of drug-likeness (QED) is 0.722. The van der Waals surface area contributed by atoms with Crippen molar-refractivity contribution in [2.75, 3.05) is 13.1 Å². The van der Waals surface area contributed by atoms with Crippen molar-refractivity contribution in [2.24, 2.45) is 5.73 Å². The Morgan fingerprint density at radius 3 is 1.67 bits per heavy atom. The normalized spacial score (nSPS) is 19.8. The molecular formula is C16H27N3O5. The van der Waals surface area contributed by atoms with E-state index in [-0.39, 0.29) is 17.9 Å². The van der Waals surface area contributed by atoms with Crippen LogP contribution in [0.4, 0.5) is 0 Å². The predicted octanol–water partition coefficient (Wildman–Crippen LogP) is 0.345. The van der Waals surface area contributed by atoms with E-state index in [4.69, 9.17) is 10.8 Å². The first-order valence-corrected chi connectivity index (χ1v) is 8.44. The standard InChI is InChI=1S/C8H14N2O2.C8H13NO3/c1-2-6(8(9)12)10-5-3-4-7(10)11;1-2-6(8(11)12)9-5-3-4-7(9)10/h6H,2-5H2,1H3,(H2,9,12);6H,2-5H2,1H3,(H,11,12)/t2*6-/m00/s1. The SMILES string of the molecule is CC[C@@H](C(=O)O)N1CCCC1=O.CC[C@@H](C(N)=O)N1CCCC1=O. The van der Waals surface area contributed by atoms with Gasteiger partial charge in [-0.15, -0.1) is 0 Å². The van der Waals surface area contributed by atoms with Gasteiger partial charge >= 0.3 is 5.97 Å². The van der Waals surface area contributed by atoms with Crippen LogP contribution in [0.3, 0.4) is 0 Å². The van der Waals surface area contributed by atoms with Gasteiger partial charge in [-0.25, -0.2) is 4.79 Å². The van der Waals surface area contributed by atoms with Crippen LogP contribution in [-0.2, 0) is 19.2 Å². The molecule has 8 heteroatoms. The molecular weight excluding hydrogens is 314 g/mol. The zero-order valence-electron chi connectivity index (χ0n) is 14.4. The van der Waals surface area contributed by atoms with Crippen molar-refractivity contribution < 1.29 is 24.3 Å². The van der Waals surface area contributed by atoms with Gasteiger partial charge in [-0.1, -0.05) is 13.8 Å². The Morgan fingerprint density at radius 2 is 1.42 bits per heavy atom. The molecule has 2 aliphatic heterocycles. The lowest BCUT2D eigenvalue weighted by Crippen LogP contribution is -2.44. The molecule has 0 bridgehead atoms. The topological polar surface area (TPSA) is 121 Å². The molecule has 0 aromatic carbocycles. The summed E-state index contributed by atoms with van der Waals surface area (Å²) in [5.41, 5.74) is 5.16. The number of hydrogen-bond acceptors (Lipinski definition) is 4. The fraction of sp³-hybridized carbons (Fsp3) is 0.750. The molecule has 2 aliphatic rings. The van der Waals surface area contributed by atoms with Crippen LogP contribution >= 0.6 is 0 Å². The van der Waals surface area contributed by atoms with E-state index in [9.17, 15) is 19.2 Å². The van der Waals surface area contributed by atoms with Gasteiger partial charge in [0, 0.05) is 25.9 Å². The summed E-state index contributed by atoms with van der Waals surface area (Å²) in [6.45, 7) is 4.93. The molecule has 3 amide bonds. The summed E-state index contributed by atoms with van der Waals surface area (Å²) in [6, 6.07) is -1.00. The van der Waals surface area contributed by atoms with Crippen LogP contribution in [-0.4, -0.2) is 63.8 Å². The Balaban J connectivity index is 0.000000240. The molecule has 2 saturated heterocycles. The summed E-state index contributed by atoms with van der Waals surface area (Å²) in [5.74, 6) is -1.26. The number of carbonyl (C=O) groups excluding carboxylic acids is 3. The Labute approximate surface area is 142 Å². The fourth-order valence-electron chi connectivity index (χ4n) is 3.10. The molecule has 0 spiro atoms. The first kappa shape index (κ1) is 19.9. The zero-order chi connectivity index (χ0) is 18.3. The molecule has 2 rings (SSSR count). The van der Waals surface area contributed by atoms with Crippen LogP contribution in [0.5, 0.6) is 0 Å². The van der Waals surface area contributed by atoms with Gasteiger partial charge in [-0.3, -0.25) is 14.4 Å². The highest BCUT2D eigenvalue weighted by Crippen LogP contribution is 2.16. The molecule has 0 unspecified atom stereocenters. The first-order valence-electron chi connectivity index (χ1n) is 8.44. The number of nitrogens with two attached hydrogens (primary N) is 1. The van der Waals surface area contributed by atoms with Crippen molar-refractivity contribution in [1.29, 1.82) is 0 Å². The number of carboxylic acid groups (broad SMARTS) is 1. The number of carboxylic acids is 1. The predicted molar refractivity (Wildman–Crippen MR) is 86.9 cm³/mol. The number of likely N-dealkylation sites (tertiary alicyclic amines) is 2. The van der Waals surface area contributed by atoms with Crippen LogP contribution < -0.4 is 5.73 Å². The van der Waals surface area contributed by atoms with Gasteiger partial charge in [0.15, 0.2) is 0 Å². The van der Waals surface area contributed by atoms with Crippen molar-refractivity contribution in [1.82, 2.24) is 9.80 Å². The third kappa shape index (κ3) is 4.94. The summed E-state index contributed by atoms with van der Waals surface area (Å²) in [5, 5.41) is 8.76. The van der Waals surface area contributed by atoms with Gasteiger partial charge in [0.2, 0.25) is 17.7 Å². The highest BCUT2D eigenvalue weighted by molar-refractivity contribution is 5.87. The Hall–Kier alpha value is -2.12. The minimum atomic E-state index is -0.896. The van der Waals surface area contributed by atoms with Crippen molar-refractivity contribution in [2.45, 2.75) is 64.5 Å². The molecule has 136 valence electrons. The second-order valence-corrected chi connectivity index (χ2v) is 5.97. The van der Waals surface area contributed by atoms with E-state index in [2.05, 4.69) is 0 Å². The number of amides is 3. The van der Waals surface area contributed by atoms with Gasteiger partial charge in [0.1, 0.15) is 12.1 Å². The lowest BCUT2D eigenvalue weighted by molar-refractivity contribution is -0.148. The lowest BCUT2D eigenvalue weighted by atomic mass is 10.2. The van der Waals surface area contributed by atoms with E-state index < -0.39 is 17.9 Å². The molecule has 2 fully saturated rings. The fourth-order valence-corrected chi connectivity index (χ4v) is 3.10. The molecule has 3 N–H and O–H groups in total. The average Bonchev–Trinajstić information content (AvgIpc) is 3.11. The minimum absolute atomic E-state index is 0.0238. The maximum atomic E-state index is 11.2. The smallest absolute Gasteiger partial charge is 0.326 e. The third-order valence-corrected chi connectivity index (χ3v) is 4.36. The molecule has 2 atom stereocenters. The number of rotatable bonds is 6. The van der Waals surface area contributed by atoms with Gasteiger partial charge in [-0.2, -0.15) is 0 Å². The van der Waals surface area contributed by atoms with E-state index in [1.54, 1.807) is 11.8 Å². The molecule has 24 heavy (non-hydrogen) atoms. The maximum absolute atomic E-state index is 11.2. The van der Waals surface area contributed by atoms with Crippen LogP contribution in [0.25, 0.3) is 0 Å². The molecule has 8 nitrogen and oxygen atoms in total. The molecule has 0 radical (unpaired) electrons. The van der Waals surface area contributed by atoms with E-state index in [0.717, 1.165) is 12.8 Å². The van der Waals surface area contributed by atoms with Crippen LogP contribution in [0.2, 0.25) is 0 Å². The van der Waals surface area contributed by atoms with Crippen LogP contribution in [0.15, 0.2) is 0 Å². The maximum Gasteiger partial charge on any atom is 0.326 e. The first-order chi connectivity index (χ1) is 11.3. The highest BCUT2D eigenvalue weighted by Gasteiger charge is 2.31. The van der Waals surface area contributed by atoms with E-state index in [0.29, 0.717) is 38.8 Å². The summed E-state index contributed by atoms with van der Waals surface area (Å²) in [4.78, 5) is 46.9. The number of aliphatic carboxylic acids is 1. The number of carbonyl (C=O) groups is 4. The highest BCUT2D eigenvalue weighted by atomic mass is 16.4. The average molecular weight is 341 g/mol. The molecule has 0 aromatic rings. The summed E-state index contributed by atoms with van der Waals surface area (Å²) in [6.07, 6.45) is 3.81. The molecule has 0 aromatic heterocycles. The number of nitrogens with zero attached hydrogens (tertiary/aromatic N) is 2. The summed E-state index contributed by atoms with van der Waals surface area (Å²) >= 11 is 0. The van der Waals surface area contributed by atoms with Crippen molar-refractivity contribution in [3.05, 3.63) is 0 Å². The van der Waals surface area contributed by atoms with E-state index in [1.165, 1.54) is 4.90 Å². The molecule has 0 aliphatic carbocycles. The summed E-state index contributed by atoms with van der Waals surface area (Å²) in [7, 11) is 0. The number of primary amides is 1. The second-order valence-electron chi connectivity index (χ2n) is 5.97. The third-order valence-electron chi connectivity index (χ3n) is 4.36. The van der Waals surface area contributed by atoms with Gasteiger partial charge in [0.05, 0.1) is 0 Å². The Bertz CT molecular complexity index is 450. The molecule has 2 heterocycles.